The van der Waals surface area contributed by atoms with Gasteiger partial charge < -0.3 is 11.1 Å². The van der Waals surface area contributed by atoms with E-state index in [1.807, 2.05) is 0 Å². The lowest BCUT2D eigenvalue weighted by atomic mass is 9.88. The van der Waals surface area contributed by atoms with Gasteiger partial charge in [0, 0.05) is 11.6 Å². The molecule has 17 heavy (non-hydrogen) atoms. The summed E-state index contributed by atoms with van der Waals surface area (Å²) in [5.74, 6) is 0.238. The number of hydrogen-bond donors (Lipinski definition) is 2. The van der Waals surface area contributed by atoms with Gasteiger partial charge in [-0.05, 0) is 62.4 Å². The third-order valence-electron chi connectivity index (χ3n) is 3.57. The molecule has 1 aromatic carbocycles. The molecule has 0 aliphatic carbocycles. The van der Waals surface area contributed by atoms with Crippen LogP contribution in [0.3, 0.4) is 0 Å². The van der Waals surface area contributed by atoms with E-state index in [9.17, 15) is 4.79 Å². The molecule has 0 bridgehead atoms. The second kappa shape index (κ2) is 4.88. The molecule has 0 saturated carbocycles. The third-order valence-corrected chi connectivity index (χ3v) is 3.57. The molecule has 92 valence electrons. The van der Waals surface area contributed by atoms with Crippen molar-refractivity contribution in [2.24, 2.45) is 11.7 Å². The van der Waals surface area contributed by atoms with Gasteiger partial charge in [0.15, 0.2) is 0 Å². The molecule has 1 unspecified atom stereocenters. The molecule has 0 radical (unpaired) electrons. The molecule has 1 aliphatic heterocycles. The van der Waals surface area contributed by atoms with Gasteiger partial charge in [0.25, 0.3) is 0 Å². The molecule has 1 heterocycles. The number of hydrogen-bond acceptors (Lipinski definition) is 2. The molecule has 1 aliphatic rings. The maximum absolute atomic E-state index is 11.9. The van der Waals surface area contributed by atoms with Crippen LogP contribution in [0.2, 0.25) is 0 Å². The molecular formula is C14H20N2O. The summed E-state index contributed by atoms with van der Waals surface area (Å²) in [4.78, 5) is 11.9. The molecule has 1 atom stereocenters. The largest absolute Gasteiger partial charge is 0.330 e. The van der Waals surface area contributed by atoms with Crippen molar-refractivity contribution in [3.8, 4) is 0 Å². The standard InChI is InChI=1S/C14H20N2O/c1-9-6-12-8-11(4-3-5-15)14(17)16-13(12)7-10(9)2/h6-7,11H,3-5,8,15H2,1-2H3,(H,16,17). The van der Waals surface area contributed by atoms with Gasteiger partial charge in [-0.15, -0.1) is 0 Å². The van der Waals surface area contributed by atoms with Crippen molar-refractivity contribution in [1.82, 2.24) is 0 Å². The number of nitrogens with two attached hydrogens (primary N) is 1. The van der Waals surface area contributed by atoms with Gasteiger partial charge in [0.2, 0.25) is 5.91 Å². The molecule has 2 rings (SSSR count). The van der Waals surface area contributed by atoms with E-state index >= 15 is 0 Å². The van der Waals surface area contributed by atoms with E-state index in [1.165, 1.54) is 16.7 Å². The molecule has 0 aromatic heterocycles. The smallest absolute Gasteiger partial charge is 0.227 e. The van der Waals surface area contributed by atoms with Gasteiger partial charge in [0.05, 0.1) is 0 Å². The summed E-state index contributed by atoms with van der Waals surface area (Å²) in [7, 11) is 0. The molecule has 3 heteroatoms. The van der Waals surface area contributed by atoms with E-state index < -0.39 is 0 Å². The Morgan fingerprint density at radius 3 is 2.76 bits per heavy atom. The Kier molecular flexibility index (Phi) is 3.48. The lowest BCUT2D eigenvalue weighted by Gasteiger charge is -2.25. The zero-order valence-electron chi connectivity index (χ0n) is 10.5. The molecule has 3 N–H and O–H groups in total. The fourth-order valence-corrected chi connectivity index (χ4v) is 2.35. The third kappa shape index (κ3) is 2.50. The van der Waals surface area contributed by atoms with Crippen molar-refractivity contribution in [2.45, 2.75) is 33.1 Å². The van der Waals surface area contributed by atoms with Crippen LogP contribution in [0.1, 0.15) is 29.5 Å². The van der Waals surface area contributed by atoms with E-state index in [1.54, 1.807) is 0 Å². The molecule has 1 aromatic rings. The minimum Gasteiger partial charge on any atom is -0.330 e. The van der Waals surface area contributed by atoms with Crippen LogP contribution in [-0.4, -0.2) is 12.5 Å². The van der Waals surface area contributed by atoms with Crippen molar-refractivity contribution in [3.05, 3.63) is 28.8 Å². The highest BCUT2D eigenvalue weighted by Crippen LogP contribution is 2.30. The fraction of sp³-hybridized carbons (Fsp3) is 0.500. The fourth-order valence-electron chi connectivity index (χ4n) is 2.35. The molecule has 0 saturated heterocycles. The van der Waals surface area contributed by atoms with Crippen LogP contribution in [0, 0.1) is 19.8 Å². The van der Waals surface area contributed by atoms with Gasteiger partial charge >= 0.3 is 0 Å². The first-order valence-electron chi connectivity index (χ1n) is 6.23. The highest BCUT2D eigenvalue weighted by molar-refractivity contribution is 5.95. The summed E-state index contributed by atoms with van der Waals surface area (Å²) in [5.41, 5.74) is 10.3. The first kappa shape index (κ1) is 12.1. The summed E-state index contributed by atoms with van der Waals surface area (Å²) in [6.07, 6.45) is 2.65. The van der Waals surface area contributed by atoms with Gasteiger partial charge in [-0.3, -0.25) is 4.79 Å². The topological polar surface area (TPSA) is 55.1 Å². The first-order valence-corrected chi connectivity index (χ1v) is 6.23. The number of fused-ring (bicyclic) bond motifs is 1. The Hall–Kier alpha value is -1.35. The van der Waals surface area contributed by atoms with Gasteiger partial charge in [-0.2, -0.15) is 0 Å². The van der Waals surface area contributed by atoms with E-state index in [0.717, 1.165) is 24.9 Å². The number of aryl methyl sites for hydroxylation is 2. The Bertz CT molecular complexity index is 440. The van der Waals surface area contributed by atoms with Crippen LogP contribution in [0.25, 0.3) is 0 Å². The van der Waals surface area contributed by atoms with E-state index in [2.05, 4.69) is 31.3 Å². The molecular weight excluding hydrogens is 212 g/mol. The van der Waals surface area contributed by atoms with Crippen molar-refractivity contribution in [1.29, 1.82) is 0 Å². The molecule has 0 spiro atoms. The Morgan fingerprint density at radius 2 is 2.06 bits per heavy atom. The van der Waals surface area contributed by atoms with Crippen molar-refractivity contribution in [3.63, 3.8) is 0 Å². The minimum absolute atomic E-state index is 0.0909. The minimum atomic E-state index is 0.0909. The lowest BCUT2D eigenvalue weighted by Crippen LogP contribution is -2.30. The Balaban J connectivity index is 2.22. The zero-order chi connectivity index (χ0) is 12.4. The van der Waals surface area contributed by atoms with E-state index in [4.69, 9.17) is 5.73 Å². The summed E-state index contributed by atoms with van der Waals surface area (Å²) >= 11 is 0. The molecule has 0 fully saturated rings. The van der Waals surface area contributed by atoms with Gasteiger partial charge in [-0.1, -0.05) is 6.07 Å². The Morgan fingerprint density at radius 1 is 1.35 bits per heavy atom. The zero-order valence-corrected chi connectivity index (χ0v) is 10.5. The van der Waals surface area contributed by atoms with Crippen molar-refractivity contribution in [2.75, 3.05) is 11.9 Å². The van der Waals surface area contributed by atoms with Crippen LogP contribution in [0.15, 0.2) is 12.1 Å². The van der Waals surface area contributed by atoms with Crippen LogP contribution < -0.4 is 11.1 Å². The second-order valence-corrected chi connectivity index (χ2v) is 4.91. The van der Waals surface area contributed by atoms with Crippen LogP contribution in [0.4, 0.5) is 5.69 Å². The average Bonchev–Trinajstić information content (AvgIpc) is 2.29. The Labute approximate surface area is 102 Å². The van der Waals surface area contributed by atoms with Gasteiger partial charge in [-0.25, -0.2) is 0 Å². The maximum atomic E-state index is 11.9. The number of amides is 1. The lowest BCUT2D eigenvalue weighted by molar-refractivity contribution is -0.120. The van der Waals surface area contributed by atoms with Crippen molar-refractivity contribution < 1.29 is 4.79 Å². The summed E-state index contributed by atoms with van der Waals surface area (Å²) in [6, 6.07) is 4.27. The highest BCUT2D eigenvalue weighted by atomic mass is 16.1. The first-order chi connectivity index (χ1) is 8.11. The van der Waals surface area contributed by atoms with Crippen LogP contribution in [0.5, 0.6) is 0 Å². The van der Waals surface area contributed by atoms with Crippen LogP contribution >= 0.6 is 0 Å². The normalized spacial score (nSPS) is 18.8. The average molecular weight is 232 g/mol. The maximum Gasteiger partial charge on any atom is 0.227 e. The number of carbonyl (C=O) groups is 1. The highest BCUT2D eigenvalue weighted by Gasteiger charge is 2.25. The predicted octanol–water partition coefficient (Wildman–Crippen LogP) is 2.15. The number of benzene rings is 1. The summed E-state index contributed by atoms with van der Waals surface area (Å²) in [5, 5.41) is 3.01. The number of rotatable bonds is 3. The molecule has 1 amide bonds. The second-order valence-electron chi connectivity index (χ2n) is 4.91. The molecule has 3 nitrogen and oxygen atoms in total. The van der Waals surface area contributed by atoms with Crippen molar-refractivity contribution >= 4 is 11.6 Å². The van der Waals surface area contributed by atoms with E-state index in [0.29, 0.717) is 6.54 Å². The monoisotopic (exact) mass is 232 g/mol. The predicted molar refractivity (Wildman–Crippen MR) is 70.0 cm³/mol. The number of carbonyl (C=O) groups excluding carboxylic acids is 1. The quantitative estimate of drug-likeness (QED) is 0.839. The van der Waals surface area contributed by atoms with Gasteiger partial charge in [0.1, 0.15) is 0 Å². The summed E-state index contributed by atoms with van der Waals surface area (Å²) < 4.78 is 0. The van der Waals surface area contributed by atoms with Crippen LogP contribution in [-0.2, 0) is 11.2 Å². The van der Waals surface area contributed by atoms with E-state index in [-0.39, 0.29) is 11.8 Å². The number of nitrogens with one attached hydrogen (secondary N) is 1. The SMILES string of the molecule is Cc1cc2c(cc1C)NC(=O)C(CCCN)C2. The number of anilines is 1. The summed E-state index contributed by atoms with van der Waals surface area (Å²) in [6.45, 7) is 4.84.